The van der Waals surface area contributed by atoms with Gasteiger partial charge in [-0.05, 0) is 55.3 Å². The highest BCUT2D eigenvalue weighted by Gasteiger charge is 2.19. The summed E-state index contributed by atoms with van der Waals surface area (Å²) < 4.78 is 3.40. The molecule has 20 heavy (non-hydrogen) atoms. The van der Waals surface area contributed by atoms with Crippen molar-refractivity contribution < 1.29 is 0 Å². The largest absolute Gasteiger partial charge is 0.309 e. The number of nitrogens with one attached hydrogen (secondary N) is 1. The van der Waals surface area contributed by atoms with E-state index in [4.69, 9.17) is 0 Å². The number of hydrogen-bond donors (Lipinski definition) is 1. The maximum absolute atomic E-state index is 3.71. The monoisotopic (exact) mass is 459 g/mol. The van der Waals surface area contributed by atoms with Crippen LogP contribution in [-0.4, -0.2) is 7.05 Å². The molecule has 1 unspecified atom stereocenters. The molecular formula is C16H16Br3N. The van der Waals surface area contributed by atoms with E-state index in [2.05, 4.69) is 97.3 Å². The molecule has 1 atom stereocenters. The van der Waals surface area contributed by atoms with Crippen LogP contribution in [0.15, 0.2) is 43.7 Å². The fourth-order valence-corrected chi connectivity index (χ4v) is 3.80. The molecule has 1 nitrogen and oxygen atoms in total. The fourth-order valence-electron chi connectivity index (χ4n) is 2.25. The minimum Gasteiger partial charge on any atom is -0.309 e. The van der Waals surface area contributed by atoms with Gasteiger partial charge in [-0.2, -0.15) is 0 Å². The molecule has 1 N–H and O–H groups in total. The Morgan fingerprint density at radius 3 is 2.25 bits per heavy atom. The van der Waals surface area contributed by atoms with E-state index in [1.54, 1.807) is 0 Å². The molecule has 2 aromatic carbocycles. The Labute approximate surface area is 145 Å². The van der Waals surface area contributed by atoms with E-state index in [-0.39, 0.29) is 6.04 Å². The van der Waals surface area contributed by atoms with E-state index in [1.807, 2.05) is 7.05 Å². The average Bonchev–Trinajstić information content (AvgIpc) is 2.41. The minimum atomic E-state index is 0.135. The van der Waals surface area contributed by atoms with Crippen molar-refractivity contribution in [1.82, 2.24) is 5.32 Å². The smallest absolute Gasteiger partial charge is 0.0597 e. The topological polar surface area (TPSA) is 12.0 Å². The average molecular weight is 462 g/mol. The zero-order valence-electron chi connectivity index (χ0n) is 11.6. The molecule has 106 valence electrons. The third-order valence-electron chi connectivity index (χ3n) is 3.41. The van der Waals surface area contributed by atoms with Crippen molar-refractivity contribution in [3.8, 4) is 0 Å². The Kier molecular flexibility index (Phi) is 5.46. The van der Waals surface area contributed by atoms with Crippen LogP contribution in [-0.2, 0) is 0 Å². The summed E-state index contributed by atoms with van der Waals surface area (Å²) in [7, 11) is 1.99. The molecule has 0 saturated carbocycles. The summed E-state index contributed by atoms with van der Waals surface area (Å²) in [5.74, 6) is 0. The van der Waals surface area contributed by atoms with Gasteiger partial charge in [-0.3, -0.25) is 0 Å². The third-order valence-corrected chi connectivity index (χ3v) is 6.03. The molecule has 0 aliphatic heterocycles. The molecule has 4 heteroatoms. The van der Waals surface area contributed by atoms with Crippen molar-refractivity contribution in [1.29, 1.82) is 0 Å². The zero-order valence-corrected chi connectivity index (χ0v) is 16.4. The second kappa shape index (κ2) is 6.73. The molecule has 0 heterocycles. The maximum Gasteiger partial charge on any atom is 0.0597 e. The van der Waals surface area contributed by atoms with Crippen LogP contribution in [0.1, 0.15) is 28.3 Å². The van der Waals surface area contributed by atoms with Gasteiger partial charge in [0.1, 0.15) is 0 Å². The van der Waals surface area contributed by atoms with Crippen molar-refractivity contribution in [2.75, 3.05) is 7.05 Å². The summed E-state index contributed by atoms with van der Waals surface area (Å²) in [4.78, 5) is 0. The predicted octanol–water partition coefficient (Wildman–Crippen LogP) is 5.90. The highest BCUT2D eigenvalue weighted by atomic mass is 79.9. The fraction of sp³-hybridized carbons (Fsp3) is 0.250. The summed E-state index contributed by atoms with van der Waals surface area (Å²) in [6.07, 6.45) is 0. The van der Waals surface area contributed by atoms with Crippen LogP contribution in [0.2, 0.25) is 0 Å². The summed E-state index contributed by atoms with van der Waals surface area (Å²) >= 11 is 11.0. The van der Waals surface area contributed by atoms with Crippen LogP contribution < -0.4 is 5.32 Å². The van der Waals surface area contributed by atoms with Gasteiger partial charge < -0.3 is 5.32 Å². The Morgan fingerprint density at radius 1 is 0.900 bits per heavy atom. The van der Waals surface area contributed by atoms with Crippen molar-refractivity contribution in [2.45, 2.75) is 19.9 Å². The predicted molar refractivity (Wildman–Crippen MR) is 96.4 cm³/mol. The van der Waals surface area contributed by atoms with Crippen LogP contribution in [0.3, 0.4) is 0 Å². The molecule has 0 saturated heterocycles. The van der Waals surface area contributed by atoms with E-state index in [0.717, 1.165) is 13.4 Å². The molecule has 0 bridgehead atoms. The number of aryl methyl sites for hydroxylation is 2. The summed E-state index contributed by atoms with van der Waals surface area (Å²) in [5, 5.41) is 3.41. The van der Waals surface area contributed by atoms with E-state index in [9.17, 15) is 0 Å². The van der Waals surface area contributed by atoms with Gasteiger partial charge in [0, 0.05) is 13.4 Å². The van der Waals surface area contributed by atoms with Gasteiger partial charge in [-0.1, -0.05) is 66.0 Å². The van der Waals surface area contributed by atoms with Crippen molar-refractivity contribution in [2.24, 2.45) is 0 Å². The highest BCUT2D eigenvalue weighted by molar-refractivity contribution is 9.11. The van der Waals surface area contributed by atoms with E-state index in [0.29, 0.717) is 0 Å². The first kappa shape index (κ1) is 16.2. The van der Waals surface area contributed by atoms with E-state index < -0.39 is 0 Å². The minimum absolute atomic E-state index is 0.135. The van der Waals surface area contributed by atoms with Gasteiger partial charge in [0.25, 0.3) is 0 Å². The Hall–Kier alpha value is -0.160. The molecule has 0 aliphatic carbocycles. The normalized spacial score (nSPS) is 12.5. The lowest BCUT2D eigenvalue weighted by Gasteiger charge is -2.22. The Balaban J connectivity index is 2.58. The highest BCUT2D eigenvalue weighted by Crippen LogP contribution is 2.36. The van der Waals surface area contributed by atoms with Crippen LogP contribution >= 0.6 is 47.8 Å². The standard InChI is InChI=1S/C16H16Br3N/c1-9-5-4-6-11(15(9)19)16(20-3)12-8-13(17)10(2)7-14(12)18/h4-8,16,20H,1-3H3. The van der Waals surface area contributed by atoms with Crippen LogP contribution in [0.4, 0.5) is 0 Å². The van der Waals surface area contributed by atoms with Crippen molar-refractivity contribution in [3.63, 3.8) is 0 Å². The SMILES string of the molecule is CNC(c1cc(Br)c(C)cc1Br)c1cccc(C)c1Br. The van der Waals surface area contributed by atoms with Crippen LogP contribution in [0.5, 0.6) is 0 Å². The summed E-state index contributed by atoms with van der Waals surface area (Å²) in [6, 6.07) is 10.8. The Morgan fingerprint density at radius 2 is 1.60 bits per heavy atom. The van der Waals surface area contributed by atoms with E-state index in [1.165, 1.54) is 22.3 Å². The number of hydrogen-bond acceptors (Lipinski definition) is 1. The molecule has 0 aliphatic rings. The van der Waals surface area contributed by atoms with Crippen molar-refractivity contribution in [3.05, 3.63) is 66.0 Å². The van der Waals surface area contributed by atoms with Crippen LogP contribution in [0.25, 0.3) is 0 Å². The first-order valence-corrected chi connectivity index (χ1v) is 8.71. The number of rotatable bonds is 3. The summed E-state index contributed by atoms with van der Waals surface area (Å²) in [5.41, 5.74) is 4.92. The lowest BCUT2D eigenvalue weighted by atomic mass is 9.97. The van der Waals surface area contributed by atoms with Gasteiger partial charge in [-0.15, -0.1) is 0 Å². The maximum atomic E-state index is 3.71. The van der Waals surface area contributed by atoms with Crippen molar-refractivity contribution >= 4 is 47.8 Å². The first-order chi connectivity index (χ1) is 9.45. The zero-order chi connectivity index (χ0) is 14.9. The first-order valence-electron chi connectivity index (χ1n) is 6.33. The second-order valence-electron chi connectivity index (χ2n) is 4.82. The summed E-state index contributed by atoms with van der Waals surface area (Å²) in [6.45, 7) is 4.20. The third kappa shape index (κ3) is 3.19. The molecule has 2 aromatic rings. The van der Waals surface area contributed by atoms with Gasteiger partial charge in [0.15, 0.2) is 0 Å². The Bertz CT molecular complexity index is 638. The number of benzene rings is 2. The molecule has 0 amide bonds. The lowest BCUT2D eigenvalue weighted by Crippen LogP contribution is -2.19. The molecule has 0 spiro atoms. The molecule has 0 fully saturated rings. The molecule has 0 radical (unpaired) electrons. The number of halogens is 3. The van der Waals surface area contributed by atoms with Gasteiger partial charge in [0.2, 0.25) is 0 Å². The molecule has 2 rings (SSSR count). The second-order valence-corrected chi connectivity index (χ2v) is 7.32. The van der Waals surface area contributed by atoms with Crippen LogP contribution in [0, 0.1) is 13.8 Å². The van der Waals surface area contributed by atoms with Gasteiger partial charge in [0.05, 0.1) is 6.04 Å². The molecular weight excluding hydrogens is 446 g/mol. The van der Waals surface area contributed by atoms with E-state index >= 15 is 0 Å². The van der Waals surface area contributed by atoms with Gasteiger partial charge in [-0.25, -0.2) is 0 Å². The molecule has 0 aromatic heterocycles. The lowest BCUT2D eigenvalue weighted by molar-refractivity contribution is 0.684. The van der Waals surface area contributed by atoms with Gasteiger partial charge >= 0.3 is 0 Å². The quantitative estimate of drug-likeness (QED) is 0.600.